The first-order chi connectivity index (χ1) is 4.04. The Balaban J connectivity index is -0.0000000152. The van der Waals surface area contributed by atoms with Gasteiger partial charge in [0.25, 0.3) is 0 Å². The van der Waals surface area contributed by atoms with Crippen LogP contribution in [0.3, 0.4) is 0 Å². The van der Waals surface area contributed by atoms with Gasteiger partial charge in [-0.05, 0) is 0 Å². The standard InChI is InChI=1S/C4H6O5.2Na.3H2O.2H/c5-2(4(8)9)1-3(6)7;;;;;;;/h2,5H,1H2,(H,6,7)(H,8,9);;;3*1H2;;/q;2*+1;;;;2*-1. The fourth-order valence-electron chi connectivity index (χ4n) is 0.253. The molecular weight excluding hydrogens is 222 g/mol. The van der Waals surface area contributed by atoms with Crippen LogP contribution >= 0.6 is 0 Å². The Morgan fingerprint density at radius 3 is 1.43 bits per heavy atom. The topological polar surface area (TPSA) is 189 Å². The Morgan fingerprint density at radius 2 is 1.36 bits per heavy atom. The number of carboxylic acid groups (broad SMARTS) is 2. The number of rotatable bonds is 3. The van der Waals surface area contributed by atoms with E-state index in [4.69, 9.17) is 15.3 Å². The summed E-state index contributed by atoms with van der Waals surface area (Å²) >= 11 is 0. The Hall–Kier alpha value is 0.780. The van der Waals surface area contributed by atoms with Crippen LogP contribution < -0.4 is 59.1 Å². The van der Waals surface area contributed by atoms with Crippen LogP contribution in [0.25, 0.3) is 0 Å². The summed E-state index contributed by atoms with van der Waals surface area (Å²) in [5.74, 6) is -2.85. The molecule has 10 heteroatoms. The minimum absolute atomic E-state index is 0. The largest absolute Gasteiger partial charge is 1.00 e. The van der Waals surface area contributed by atoms with E-state index in [0.717, 1.165) is 0 Å². The van der Waals surface area contributed by atoms with Gasteiger partial charge >= 0.3 is 71.1 Å². The monoisotopic (exact) mass is 236 g/mol. The molecule has 0 aliphatic heterocycles. The van der Waals surface area contributed by atoms with E-state index in [9.17, 15) is 9.59 Å². The van der Waals surface area contributed by atoms with E-state index in [-0.39, 0.29) is 78.4 Å². The third kappa shape index (κ3) is 23.0. The van der Waals surface area contributed by atoms with Crippen LogP contribution in [0, 0.1) is 0 Å². The van der Waals surface area contributed by atoms with Crippen LogP contribution in [0.2, 0.25) is 0 Å². The molecule has 8 nitrogen and oxygen atoms in total. The summed E-state index contributed by atoms with van der Waals surface area (Å²) < 4.78 is 0. The van der Waals surface area contributed by atoms with Gasteiger partial charge in [0, 0.05) is 0 Å². The fourth-order valence-corrected chi connectivity index (χ4v) is 0.253. The average molecular weight is 236 g/mol. The number of carboxylic acids is 2. The molecule has 14 heavy (non-hydrogen) atoms. The first-order valence-electron chi connectivity index (χ1n) is 2.16. The molecule has 0 aromatic heterocycles. The van der Waals surface area contributed by atoms with Crippen molar-refractivity contribution in [2.24, 2.45) is 0 Å². The maximum absolute atomic E-state index is 9.72. The van der Waals surface area contributed by atoms with E-state index in [1.807, 2.05) is 0 Å². The van der Waals surface area contributed by atoms with Crippen LogP contribution in [0.1, 0.15) is 9.27 Å². The molecule has 0 aliphatic carbocycles. The third-order valence-electron chi connectivity index (χ3n) is 0.653. The smallest absolute Gasteiger partial charge is 1.00 e. The summed E-state index contributed by atoms with van der Waals surface area (Å²) in [5.41, 5.74) is 0. The van der Waals surface area contributed by atoms with E-state index >= 15 is 0 Å². The van der Waals surface area contributed by atoms with Crippen molar-refractivity contribution in [1.29, 1.82) is 0 Å². The quantitative estimate of drug-likeness (QED) is 0.409. The van der Waals surface area contributed by atoms with Crippen molar-refractivity contribution in [3.63, 3.8) is 0 Å². The number of aliphatic hydroxyl groups excluding tert-OH is 1. The molecule has 0 radical (unpaired) electrons. The summed E-state index contributed by atoms with van der Waals surface area (Å²) in [4.78, 5) is 19.4. The van der Waals surface area contributed by atoms with Crippen LogP contribution in [0.4, 0.5) is 0 Å². The molecule has 0 aromatic carbocycles. The zero-order valence-electron chi connectivity index (χ0n) is 9.94. The van der Waals surface area contributed by atoms with Crippen molar-refractivity contribution in [2.75, 3.05) is 0 Å². The number of hydrogen-bond donors (Lipinski definition) is 3. The second-order valence-electron chi connectivity index (χ2n) is 1.45. The summed E-state index contributed by atoms with van der Waals surface area (Å²) in [5, 5.41) is 24.1. The van der Waals surface area contributed by atoms with E-state index < -0.39 is 24.5 Å². The molecule has 9 N–H and O–H groups in total. The van der Waals surface area contributed by atoms with Crippen LogP contribution in [0.5, 0.6) is 0 Å². The van der Waals surface area contributed by atoms with Gasteiger partial charge in [-0.2, -0.15) is 0 Å². The van der Waals surface area contributed by atoms with Gasteiger partial charge in [-0.1, -0.05) is 0 Å². The maximum Gasteiger partial charge on any atom is 1.00 e. The Morgan fingerprint density at radius 1 is 1.07 bits per heavy atom. The fraction of sp³-hybridized carbons (Fsp3) is 0.500. The van der Waals surface area contributed by atoms with Crippen molar-refractivity contribution < 1.29 is 103 Å². The molecule has 80 valence electrons. The number of hydrogen-bond acceptors (Lipinski definition) is 3. The zero-order chi connectivity index (χ0) is 7.44. The van der Waals surface area contributed by atoms with E-state index in [1.165, 1.54) is 0 Å². The molecule has 0 fully saturated rings. The van der Waals surface area contributed by atoms with Crippen molar-refractivity contribution in [3.8, 4) is 0 Å². The van der Waals surface area contributed by atoms with Gasteiger partial charge < -0.3 is 34.6 Å². The van der Waals surface area contributed by atoms with E-state index in [1.54, 1.807) is 0 Å². The van der Waals surface area contributed by atoms with Crippen LogP contribution in [-0.2, 0) is 9.59 Å². The predicted octanol–water partition coefficient (Wildman–Crippen LogP) is -9.33. The maximum atomic E-state index is 9.72. The Kier molecular flexibility index (Phi) is 50.4. The van der Waals surface area contributed by atoms with Gasteiger partial charge in [0.2, 0.25) is 0 Å². The normalized spacial score (nSPS) is 8.07. The first-order valence-corrected chi connectivity index (χ1v) is 2.16. The van der Waals surface area contributed by atoms with Crippen molar-refractivity contribution in [2.45, 2.75) is 12.5 Å². The summed E-state index contributed by atoms with van der Waals surface area (Å²) in [6.45, 7) is 0. The van der Waals surface area contributed by atoms with Gasteiger partial charge in [-0.25, -0.2) is 4.79 Å². The van der Waals surface area contributed by atoms with Gasteiger partial charge in [-0.15, -0.1) is 0 Å². The second-order valence-corrected chi connectivity index (χ2v) is 1.45. The average Bonchev–Trinajstić information content (AvgIpc) is 1.63. The second kappa shape index (κ2) is 19.4. The number of carbonyl (C=O) groups is 2. The predicted molar refractivity (Wildman–Crippen MR) is 39.0 cm³/mol. The molecule has 0 amide bonds. The zero-order valence-corrected chi connectivity index (χ0v) is 11.9. The van der Waals surface area contributed by atoms with Crippen LogP contribution in [0.15, 0.2) is 0 Å². The van der Waals surface area contributed by atoms with Gasteiger partial charge in [0.05, 0.1) is 6.42 Å². The molecule has 0 bridgehead atoms. The molecule has 1 atom stereocenters. The molecule has 0 saturated heterocycles. The molecule has 0 rings (SSSR count). The van der Waals surface area contributed by atoms with Crippen molar-refractivity contribution in [1.82, 2.24) is 0 Å². The van der Waals surface area contributed by atoms with Gasteiger partial charge in [-0.3, -0.25) is 4.79 Å². The molecule has 0 heterocycles. The molecule has 0 aromatic rings. The SMILES string of the molecule is O.O.O.O=C(O)CC(O)C(=O)O.[H-].[H-].[Na+].[Na+]. The Labute approximate surface area is 127 Å². The minimum Gasteiger partial charge on any atom is -1.00 e. The van der Waals surface area contributed by atoms with Crippen molar-refractivity contribution >= 4 is 11.9 Å². The molecule has 0 saturated carbocycles. The Bertz CT molecular complexity index is 148. The van der Waals surface area contributed by atoms with Crippen molar-refractivity contribution in [3.05, 3.63) is 0 Å². The van der Waals surface area contributed by atoms with E-state index in [2.05, 4.69) is 0 Å². The summed E-state index contributed by atoms with van der Waals surface area (Å²) in [6.07, 6.45) is -2.54. The molecular formula is C4H14Na2O8. The minimum atomic E-state index is -1.79. The summed E-state index contributed by atoms with van der Waals surface area (Å²) in [6, 6.07) is 0. The molecule has 0 aliphatic rings. The summed E-state index contributed by atoms with van der Waals surface area (Å²) in [7, 11) is 0. The number of aliphatic carboxylic acids is 2. The van der Waals surface area contributed by atoms with Gasteiger partial charge in [0.1, 0.15) is 0 Å². The number of aliphatic hydroxyl groups is 1. The molecule has 0 spiro atoms. The van der Waals surface area contributed by atoms with E-state index in [0.29, 0.717) is 0 Å². The third-order valence-corrected chi connectivity index (χ3v) is 0.653. The molecule has 1 unspecified atom stereocenters. The first kappa shape index (κ1) is 36.4. The van der Waals surface area contributed by atoms with Crippen LogP contribution in [-0.4, -0.2) is 49.8 Å². The van der Waals surface area contributed by atoms with Gasteiger partial charge in [0.15, 0.2) is 6.10 Å².